The second-order valence-corrected chi connectivity index (χ2v) is 5.08. The Balaban J connectivity index is 2.47. The molecular weight excluding hydrogens is 254 g/mol. The summed E-state index contributed by atoms with van der Waals surface area (Å²) in [6.45, 7) is 6.64. The van der Waals surface area contributed by atoms with E-state index in [1.165, 1.54) is 0 Å². The van der Waals surface area contributed by atoms with Crippen LogP contribution in [0.25, 0.3) is 11.2 Å². The summed E-state index contributed by atoms with van der Waals surface area (Å²) in [6, 6.07) is 0. The Hall–Kier alpha value is -1.40. The summed E-state index contributed by atoms with van der Waals surface area (Å²) in [6.07, 6.45) is 1.55. The third kappa shape index (κ3) is 2.70. The van der Waals surface area contributed by atoms with Crippen molar-refractivity contribution in [1.82, 2.24) is 19.9 Å². The van der Waals surface area contributed by atoms with Crippen molar-refractivity contribution >= 4 is 28.6 Å². The Labute approximate surface area is 110 Å². The number of hydrogen-bond donors (Lipinski definition) is 2. The van der Waals surface area contributed by atoms with Crippen LogP contribution >= 0.6 is 11.6 Å². The number of H-pyrrole nitrogens is 1. The standard InChI is InChI=1S/C11H16ClN5O/c1-4-17(5-11(2,3)18)9-7-8(14-6-13-7)15-10(12)16-9/h6,18H,4-5H2,1-3H3,(H,13,14,15,16). The molecule has 0 saturated carbocycles. The molecule has 0 aliphatic carbocycles. The quantitative estimate of drug-likeness (QED) is 0.825. The first-order chi connectivity index (χ1) is 8.40. The van der Waals surface area contributed by atoms with Crippen molar-refractivity contribution in [2.24, 2.45) is 0 Å². The van der Waals surface area contributed by atoms with Gasteiger partial charge in [0.2, 0.25) is 5.28 Å². The number of nitrogens with zero attached hydrogens (tertiary/aromatic N) is 4. The van der Waals surface area contributed by atoms with Gasteiger partial charge in [-0.3, -0.25) is 0 Å². The molecule has 0 bridgehead atoms. The van der Waals surface area contributed by atoms with Crippen molar-refractivity contribution in [1.29, 1.82) is 0 Å². The highest BCUT2D eigenvalue weighted by molar-refractivity contribution is 6.28. The number of aromatic nitrogens is 4. The molecule has 0 unspecified atom stereocenters. The number of fused-ring (bicyclic) bond motifs is 1. The predicted molar refractivity (Wildman–Crippen MR) is 70.9 cm³/mol. The molecule has 6 nitrogen and oxygen atoms in total. The number of aliphatic hydroxyl groups is 1. The number of hydrogen-bond acceptors (Lipinski definition) is 5. The molecule has 2 heterocycles. The van der Waals surface area contributed by atoms with Crippen LogP contribution in [0.1, 0.15) is 20.8 Å². The van der Waals surface area contributed by atoms with Gasteiger partial charge in [0.1, 0.15) is 5.52 Å². The van der Waals surface area contributed by atoms with Gasteiger partial charge in [-0.05, 0) is 32.4 Å². The van der Waals surface area contributed by atoms with Crippen LogP contribution in [0.5, 0.6) is 0 Å². The zero-order valence-electron chi connectivity index (χ0n) is 10.6. The van der Waals surface area contributed by atoms with E-state index in [0.717, 1.165) is 5.52 Å². The minimum Gasteiger partial charge on any atom is -0.389 e. The third-order valence-corrected chi connectivity index (χ3v) is 2.67. The zero-order chi connectivity index (χ0) is 13.3. The van der Waals surface area contributed by atoms with E-state index in [9.17, 15) is 5.11 Å². The van der Waals surface area contributed by atoms with Gasteiger partial charge in [-0.25, -0.2) is 4.98 Å². The highest BCUT2D eigenvalue weighted by Crippen LogP contribution is 2.23. The maximum Gasteiger partial charge on any atom is 0.226 e. The Morgan fingerprint density at radius 3 is 2.78 bits per heavy atom. The summed E-state index contributed by atoms with van der Waals surface area (Å²) in [5.41, 5.74) is 0.435. The summed E-state index contributed by atoms with van der Waals surface area (Å²) in [5, 5.41) is 10.1. The third-order valence-electron chi connectivity index (χ3n) is 2.50. The van der Waals surface area contributed by atoms with Crippen LogP contribution in [0.3, 0.4) is 0 Å². The van der Waals surface area contributed by atoms with Gasteiger partial charge in [0.25, 0.3) is 0 Å². The normalized spacial score (nSPS) is 12.1. The summed E-state index contributed by atoms with van der Waals surface area (Å²) < 4.78 is 0. The molecule has 0 saturated heterocycles. The Morgan fingerprint density at radius 2 is 2.17 bits per heavy atom. The smallest absolute Gasteiger partial charge is 0.226 e. The average Bonchev–Trinajstić information content (AvgIpc) is 2.71. The molecule has 2 aromatic rings. The fraction of sp³-hybridized carbons (Fsp3) is 0.545. The Kier molecular flexibility index (Phi) is 3.41. The molecule has 0 amide bonds. The molecule has 2 aromatic heterocycles. The van der Waals surface area contributed by atoms with E-state index in [1.807, 2.05) is 11.8 Å². The first kappa shape index (κ1) is 13.0. The minimum absolute atomic E-state index is 0.152. The van der Waals surface area contributed by atoms with Crippen molar-refractivity contribution in [3.8, 4) is 0 Å². The summed E-state index contributed by atoms with van der Waals surface area (Å²) in [5.74, 6) is 0.659. The lowest BCUT2D eigenvalue weighted by atomic mass is 10.1. The fourth-order valence-corrected chi connectivity index (χ4v) is 1.98. The average molecular weight is 270 g/mol. The van der Waals surface area contributed by atoms with Gasteiger partial charge in [-0.2, -0.15) is 9.97 Å². The number of imidazole rings is 1. The van der Waals surface area contributed by atoms with E-state index < -0.39 is 5.60 Å². The lowest BCUT2D eigenvalue weighted by Gasteiger charge is -2.29. The Morgan fingerprint density at radius 1 is 1.44 bits per heavy atom. The van der Waals surface area contributed by atoms with Gasteiger partial charge in [0, 0.05) is 13.1 Å². The van der Waals surface area contributed by atoms with Gasteiger partial charge in [-0.15, -0.1) is 0 Å². The van der Waals surface area contributed by atoms with Gasteiger partial charge < -0.3 is 15.0 Å². The molecule has 98 valence electrons. The molecule has 0 fully saturated rings. The van der Waals surface area contributed by atoms with Crippen LogP contribution in [-0.2, 0) is 0 Å². The van der Waals surface area contributed by atoms with Gasteiger partial charge >= 0.3 is 0 Å². The number of nitrogens with one attached hydrogen (secondary N) is 1. The molecule has 18 heavy (non-hydrogen) atoms. The SMILES string of the molecule is CCN(CC(C)(C)O)c1nc(Cl)nc2nc[nH]c12. The predicted octanol–water partition coefficient (Wildman–Crippen LogP) is 1.60. The van der Waals surface area contributed by atoms with Gasteiger partial charge in [0.15, 0.2) is 11.5 Å². The van der Waals surface area contributed by atoms with Gasteiger partial charge in [0.05, 0.1) is 11.9 Å². The lowest BCUT2D eigenvalue weighted by Crippen LogP contribution is -2.39. The second-order valence-electron chi connectivity index (χ2n) is 4.74. The molecule has 0 atom stereocenters. The van der Waals surface area contributed by atoms with Gasteiger partial charge in [-0.1, -0.05) is 0 Å². The monoisotopic (exact) mass is 269 g/mol. The maximum absolute atomic E-state index is 9.93. The molecular formula is C11H16ClN5O. The molecule has 7 heteroatoms. The van der Waals surface area contributed by atoms with Crippen LogP contribution in [0.4, 0.5) is 5.82 Å². The van der Waals surface area contributed by atoms with E-state index in [4.69, 9.17) is 11.6 Å². The largest absolute Gasteiger partial charge is 0.389 e. The number of aromatic amines is 1. The minimum atomic E-state index is -0.820. The van der Waals surface area contributed by atoms with Crippen molar-refractivity contribution in [2.45, 2.75) is 26.4 Å². The van der Waals surface area contributed by atoms with E-state index in [0.29, 0.717) is 24.6 Å². The van der Waals surface area contributed by atoms with Crippen LogP contribution in [0.2, 0.25) is 5.28 Å². The fourth-order valence-electron chi connectivity index (χ4n) is 1.82. The number of rotatable bonds is 4. The molecule has 0 spiro atoms. The van der Waals surface area contributed by atoms with E-state index >= 15 is 0 Å². The first-order valence-electron chi connectivity index (χ1n) is 5.74. The summed E-state index contributed by atoms with van der Waals surface area (Å²) in [4.78, 5) is 17.3. The number of likely N-dealkylation sites (N-methyl/N-ethyl adjacent to an activating group) is 1. The highest BCUT2D eigenvalue weighted by Gasteiger charge is 2.21. The summed E-state index contributed by atoms with van der Waals surface area (Å²) in [7, 11) is 0. The second kappa shape index (κ2) is 4.70. The number of halogens is 1. The highest BCUT2D eigenvalue weighted by atomic mass is 35.5. The van der Waals surface area contributed by atoms with Crippen LogP contribution in [-0.4, -0.2) is 43.7 Å². The Bertz CT molecular complexity index is 548. The van der Waals surface area contributed by atoms with Crippen molar-refractivity contribution in [3.05, 3.63) is 11.6 Å². The molecule has 0 aliphatic heterocycles. The molecule has 0 aromatic carbocycles. The van der Waals surface area contributed by atoms with E-state index in [2.05, 4.69) is 19.9 Å². The lowest BCUT2D eigenvalue weighted by molar-refractivity contribution is 0.0874. The van der Waals surface area contributed by atoms with E-state index in [-0.39, 0.29) is 5.28 Å². The molecule has 0 radical (unpaired) electrons. The molecule has 0 aliphatic rings. The van der Waals surface area contributed by atoms with Crippen molar-refractivity contribution in [3.63, 3.8) is 0 Å². The van der Waals surface area contributed by atoms with Crippen LogP contribution < -0.4 is 4.90 Å². The summed E-state index contributed by atoms with van der Waals surface area (Å²) >= 11 is 5.89. The van der Waals surface area contributed by atoms with E-state index in [1.54, 1.807) is 20.2 Å². The number of anilines is 1. The maximum atomic E-state index is 9.93. The molecule has 2 N–H and O–H groups in total. The first-order valence-corrected chi connectivity index (χ1v) is 6.12. The van der Waals surface area contributed by atoms with Crippen LogP contribution in [0, 0.1) is 0 Å². The topological polar surface area (TPSA) is 77.9 Å². The molecule has 2 rings (SSSR count). The van der Waals surface area contributed by atoms with Crippen molar-refractivity contribution in [2.75, 3.05) is 18.0 Å². The van der Waals surface area contributed by atoms with Crippen LogP contribution in [0.15, 0.2) is 6.33 Å². The van der Waals surface area contributed by atoms with Crippen molar-refractivity contribution < 1.29 is 5.11 Å². The zero-order valence-corrected chi connectivity index (χ0v) is 11.4.